The molecule has 0 amide bonds. The van der Waals surface area contributed by atoms with E-state index in [1.807, 2.05) is 24.3 Å². The first-order chi connectivity index (χ1) is 11.7. The number of pyridine rings is 1. The fourth-order valence-electron chi connectivity index (χ4n) is 3.16. The first-order valence-electron chi connectivity index (χ1n) is 7.91. The predicted octanol–water partition coefficient (Wildman–Crippen LogP) is 5.16. The molecule has 4 aromatic rings. The predicted molar refractivity (Wildman–Crippen MR) is 101 cm³/mol. The summed E-state index contributed by atoms with van der Waals surface area (Å²) in [7, 11) is 2.12. The third-order valence-electron chi connectivity index (χ3n) is 4.38. The van der Waals surface area contributed by atoms with Crippen molar-refractivity contribution in [2.45, 2.75) is 6.61 Å². The molecule has 0 saturated carbocycles. The van der Waals surface area contributed by atoms with E-state index in [4.69, 9.17) is 4.74 Å². The molecule has 0 fully saturated rings. The molecule has 1 heterocycles. The van der Waals surface area contributed by atoms with Crippen LogP contribution in [0.15, 0.2) is 77.3 Å². The van der Waals surface area contributed by atoms with Crippen LogP contribution >= 0.6 is 15.9 Å². The quantitative estimate of drug-likeness (QED) is 0.354. The minimum atomic E-state index is 0.545. The molecule has 0 unspecified atom stereocenters. The van der Waals surface area contributed by atoms with E-state index in [0.717, 1.165) is 10.2 Å². The Morgan fingerprint density at radius 2 is 1.33 bits per heavy atom. The second kappa shape index (κ2) is 6.25. The maximum absolute atomic E-state index is 6.07. The molecule has 2 nitrogen and oxygen atoms in total. The van der Waals surface area contributed by atoms with Gasteiger partial charge in [-0.1, -0.05) is 40.2 Å². The zero-order valence-corrected chi connectivity index (χ0v) is 15.0. The van der Waals surface area contributed by atoms with Gasteiger partial charge in [0.15, 0.2) is 0 Å². The Bertz CT molecular complexity index is 968. The van der Waals surface area contributed by atoms with Gasteiger partial charge in [-0.2, -0.15) is 4.57 Å². The monoisotopic (exact) mass is 378 g/mol. The molecule has 0 bridgehead atoms. The van der Waals surface area contributed by atoms with Crippen molar-refractivity contribution in [1.82, 2.24) is 0 Å². The Labute approximate surface area is 149 Å². The highest BCUT2D eigenvalue weighted by molar-refractivity contribution is 9.10. The number of aromatic nitrogens is 1. The SMILES string of the molecule is C[n+]1c2ccccc2c(COc2ccc(Br)cc2)c2ccccc21. The van der Waals surface area contributed by atoms with Crippen molar-refractivity contribution in [3.05, 3.63) is 82.8 Å². The van der Waals surface area contributed by atoms with Gasteiger partial charge < -0.3 is 4.74 Å². The Morgan fingerprint density at radius 1 is 0.792 bits per heavy atom. The summed E-state index contributed by atoms with van der Waals surface area (Å²) >= 11 is 3.46. The summed E-state index contributed by atoms with van der Waals surface area (Å²) in [6.07, 6.45) is 0. The lowest BCUT2D eigenvalue weighted by Gasteiger charge is -2.11. The molecular weight excluding hydrogens is 362 g/mol. The van der Waals surface area contributed by atoms with Crippen molar-refractivity contribution >= 4 is 37.7 Å². The third kappa shape index (κ3) is 2.65. The fraction of sp³-hybridized carbons (Fsp3) is 0.0952. The minimum absolute atomic E-state index is 0.545. The fourth-order valence-corrected chi connectivity index (χ4v) is 3.42. The smallest absolute Gasteiger partial charge is 0.213 e. The maximum atomic E-state index is 6.07. The number of benzene rings is 3. The van der Waals surface area contributed by atoms with E-state index >= 15 is 0 Å². The van der Waals surface area contributed by atoms with Crippen molar-refractivity contribution in [2.75, 3.05) is 0 Å². The zero-order valence-electron chi connectivity index (χ0n) is 13.4. The van der Waals surface area contributed by atoms with Crippen molar-refractivity contribution in [2.24, 2.45) is 7.05 Å². The first-order valence-corrected chi connectivity index (χ1v) is 8.70. The van der Waals surface area contributed by atoms with Crippen LogP contribution in [0.5, 0.6) is 5.75 Å². The van der Waals surface area contributed by atoms with E-state index in [2.05, 4.69) is 76.1 Å². The molecule has 4 rings (SSSR count). The molecule has 0 aliphatic heterocycles. The molecule has 3 aromatic carbocycles. The van der Waals surface area contributed by atoms with Gasteiger partial charge in [0.2, 0.25) is 11.0 Å². The molecule has 0 aliphatic carbocycles. The van der Waals surface area contributed by atoms with Gasteiger partial charge in [0, 0.05) is 22.2 Å². The molecule has 0 spiro atoms. The van der Waals surface area contributed by atoms with E-state index in [1.54, 1.807) is 0 Å². The van der Waals surface area contributed by atoms with Crippen LogP contribution in [0.4, 0.5) is 0 Å². The summed E-state index contributed by atoms with van der Waals surface area (Å²) in [4.78, 5) is 0. The largest absolute Gasteiger partial charge is 0.489 e. The van der Waals surface area contributed by atoms with Crippen LogP contribution in [0.25, 0.3) is 21.8 Å². The number of para-hydroxylation sites is 2. The normalized spacial score (nSPS) is 11.1. The van der Waals surface area contributed by atoms with E-state index in [9.17, 15) is 0 Å². The van der Waals surface area contributed by atoms with E-state index in [-0.39, 0.29) is 0 Å². The highest BCUT2D eigenvalue weighted by Crippen LogP contribution is 2.26. The molecule has 3 heteroatoms. The Hall–Kier alpha value is -2.39. The van der Waals surface area contributed by atoms with E-state index in [1.165, 1.54) is 27.4 Å². The van der Waals surface area contributed by atoms with Crippen LogP contribution < -0.4 is 9.30 Å². The molecule has 1 aromatic heterocycles. The molecule has 0 radical (unpaired) electrons. The lowest BCUT2D eigenvalue weighted by Crippen LogP contribution is -2.30. The highest BCUT2D eigenvalue weighted by Gasteiger charge is 2.17. The Balaban J connectivity index is 1.85. The highest BCUT2D eigenvalue weighted by atomic mass is 79.9. The molecule has 118 valence electrons. The molecule has 0 N–H and O–H groups in total. The second-order valence-corrected chi connectivity index (χ2v) is 6.73. The minimum Gasteiger partial charge on any atom is -0.489 e. The van der Waals surface area contributed by atoms with Crippen molar-refractivity contribution in [1.29, 1.82) is 0 Å². The lowest BCUT2D eigenvalue weighted by molar-refractivity contribution is -0.617. The van der Waals surface area contributed by atoms with Crippen LogP contribution in [-0.2, 0) is 13.7 Å². The van der Waals surface area contributed by atoms with Crippen molar-refractivity contribution in [3.8, 4) is 5.75 Å². The summed E-state index contributed by atoms with van der Waals surface area (Å²) < 4.78 is 9.37. The van der Waals surface area contributed by atoms with E-state index in [0.29, 0.717) is 6.61 Å². The summed E-state index contributed by atoms with van der Waals surface area (Å²) in [6.45, 7) is 0.545. The molecule has 0 aliphatic rings. The number of aryl methyl sites for hydroxylation is 1. The lowest BCUT2D eigenvalue weighted by atomic mass is 10.0. The van der Waals surface area contributed by atoms with Crippen LogP contribution in [0.3, 0.4) is 0 Å². The molecule has 0 saturated heterocycles. The van der Waals surface area contributed by atoms with Gasteiger partial charge in [0.25, 0.3) is 0 Å². The van der Waals surface area contributed by atoms with Crippen molar-refractivity contribution < 1.29 is 9.30 Å². The van der Waals surface area contributed by atoms with Gasteiger partial charge in [-0.25, -0.2) is 0 Å². The number of halogens is 1. The Kier molecular flexibility index (Phi) is 3.95. The van der Waals surface area contributed by atoms with Gasteiger partial charge in [-0.3, -0.25) is 0 Å². The zero-order chi connectivity index (χ0) is 16.5. The number of rotatable bonds is 3. The van der Waals surface area contributed by atoms with Gasteiger partial charge in [0.05, 0.1) is 10.8 Å². The molecular formula is C21H17BrNO+. The standard InChI is InChI=1S/C21H17BrNO/c1-23-20-8-4-2-6-17(20)19(18-7-3-5-9-21(18)23)14-24-16-12-10-15(22)11-13-16/h2-13H,14H2,1H3/q+1. The Morgan fingerprint density at radius 3 is 1.92 bits per heavy atom. The average molecular weight is 379 g/mol. The van der Waals surface area contributed by atoms with Gasteiger partial charge in [-0.05, 0) is 36.4 Å². The van der Waals surface area contributed by atoms with Crippen LogP contribution in [0, 0.1) is 0 Å². The third-order valence-corrected chi connectivity index (χ3v) is 4.91. The second-order valence-electron chi connectivity index (χ2n) is 5.81. The number of fused-ring (bicyclic) bond motifs is 2. The summed E-state index contributed by atoms with van der Waals surface area (Å²) in [5.41, 5.74) is 3.65. The molecule has 0 atom stereocenters. The van der Waals surface area contributed by atoms with Gasteiger partial charge in [0.1, 0.15) is 19.4 Å². The number of hydrogen-bond donors (Lipinski definition) is 0. The average Bonchev–Trinajstić information content (AvgIpc) is 2.63. The van der Waals surface area contributed by atoms with Crippen LogP contribution in [0.1, 0.15) is 5.56 Å². The van der Waals surface area contributed by atoms with E-state index < -0.39 is 0 Å². The van der Waals surface area contributed by atoms with Crippen LogP contribution in [-0.4, -0.2) is 0 Å². The number of ether oxygens (including phenoxy) is 1. The first kappa shape index (κ1) is 15.2. The summed E-state index contributed by atoms with van der Waals surface area (Å²) in [5, 5.41) is 2.46. The van der Waals surface area contributed by atoms with Gasteiger partial charge in [-0.15, -0.1) is 0 Å². The van der Waals surface area contributed by atoms with Crippen molar-refractivity contribution in [3.63, 3.8) is 0 Å². The maximum Gasteiger partial charge on any atom is 0.213 e. The number of hydrogen-bond acceptors (Lipinski definition) is 1. The van der Waals surface area contributed by atoms with Crippen LogP contribution in [0.2, 0.25) is 0 Å². The van der Waals surface area contributed by atoms with Gasteiger partial charge >= 0.3 is 0 Å². The summed E-state index contributed by atoms with van der Waals surface area (Å²) in [6, 6.07) is 24.9. The number of nitrogens with zero attached hydrogens (tertiary/aromatic N) is 1. The molecule has 24 heavy (non-hydrogen) atoms. The summed E-state index contributed by atoms with van der Waals surface area (Å²) in [5.74, 6) is 0.875. The topological polar surface area (TPSA) is 13.1 Å².